The molecular weight excluding hydrogens is 371 g/mol. The average molecular weight is 388 g/mol. The van der Waals surface area contributed by atoms with Crippen molar-refractivity contribution in [3.63, 3.8) is 0 Å². The number of aromatic amines is 1. The van der Waals surface area contributed by atoms with Gasteiger partial charge in [-0.3, -0.25) is 14.3 Å². The van der Waals surface area contributed by atoms with Gasteiger partial charge in [0, 0.05) is 0 Å². The number of hydrogen-bond donors (Lipinski definition) is 3. The smallest absolute Gasteiger partial charge is 0.280 e. The minimum absolute atomic E-state index is 0.0492. The molecule has 2 aliphatic rings. The normalized spacial score (nSPS) is 35.4. The fraction of sp³-hybridized carbons (Fsp3) is 0.583. The van der Waals surface area contributed by atoms with E-state index in [-0.39, 0.29) is 23.7 Å². The summed E-state index contributed by atoms with van der Waals surface area (Å²) >= 11 is 5.44. The Labute approximate surface area is 146 Å². The van der Waals surface area contributed by atoms with Gasteiger partial charge in [0.2, 0.25) is 5.95 Å². The summed E-state index contributed by atoms with van der Waals surface area (Å²) in [6.45, 7) is -2.44. The van der Waals surface area contributed by atoms with E-state index in [4.69, 9.17) is 31.3 Å². The third-order valence-corrected chi connectivity index (χ3v) is 7.70. The minimum atomic E-state index is -2.65. The summed E-state index contributed by atoms with van der Waals surface area (Å²) in [5.74, 6) is -0.0492. The molecule has 4 N–H and O–H groups in total. The van der Waals surface area contributed by atoms with Gasteiger partial charge in [0.05, 0.1) is 12.9 Å². The van der Waals surface area contributed by atoms with Gasteiger partial charge in [-0.05, 0) is 25.9 Å². The summed E-state index contributed by atoms with van der Waals surface area (Å²) in [5, 5.41) is 10.7. The van der Waals surface area contributed by atoms with Crippen LogP contribution >= 0.6 is 6.64 Å². The van der Waals surface area contributed by atoms with Gasteiger partial charge in [-0.25, -0.2) is 9.65 Å². The molecular formula is C12H17N6O5PS. The topological polar surface area (TPSA) is 141 Å². The van der Waals surface area contributed by atoms with Crippen LogP contribution in [0.5, 0.6) is 0 Å². The Kier molecular flexibility index (Phi) is 3.96. The van der Waals surface area contributed by atoms with E-state index in [2.05, 4.69) is 15.0 Å². The summed E-state index contributed by atoms with van der Waals surface area (Å²) in [5.41, 5.74) is 5.46. The van der Waals surface area contributed by atoms with E-state index in [0.717, 1.165) is 0 Å². The van der Waals surface area contributed by atoms with Gasteiger partial charge < -0.3 is 24.6 Å². The number of fused-ring (bicyclic) bond motifs is 2. The molecule has 25 heavy (non-hydrogen) atoms. The molecule has 2 aliphatic heterocycles. The number of aliphatic hydroxyl groups excluding tert-OH is 1. The number of ether oxygens (including phenoxy) is 1. The molecule has 4 heterocycles. The van der Waals surface area contributed by atoms with Crippen molar-refractivity contribution < 1.29 is 18.9 Å². The molecule has 5 atom stereocenters. The molecule has 0 amide bonds. The van der Waals surface area contributed by atoms with Crippen LogP contribution < -0.4 is 11.3 Å². The molecule has 11 nitrogen and oxygen atoms in total. The van der Waals surface area contributed by atoms with E-state index in [1.807, 2.05) is 0 Å². The van der Waals surface area contributed by atoms with Crippen LogP contribution in [-0.2, 0) is 25.6 Å². The lowest BCUT2D eigenvalue weighted by molar-refractivity contribution is -0.0569. The molecule has 0 aliphatic carbocycles. The summed E-state index contributed by atoms with van der Waals surface area (Å²) < 4.78 is 20.6. The van der Waals surface area contributed by atoms with E-state index in [1.54, 1.807) is 18.8 Å². The molecule has 0 spiro atoms. The highest BCUT2D eigenvalue weighted by Crippen LogP contribution is 2.57. The van der Waals surface area contributed by atoms with Gasteiger partial charge in [0.25, 0.3) is 12.2 Å². The molecule has 4 rings (SSSR count). The monoisotopic (exact) mass is 388 g/mol. The highest BCUT2D eigenvalue weighted by molar-refractivity contribution is 8.08. The van der Waals surface area contributed by atoms with Crippen molar-refractivity contribution in [2.45, 2.75) is 24.5 Å². The second-order valence-corrected chi connectivity index (χ2v) is 9.60. The number of H-pyrrole nitrogens is 1. The van der Waals surface area contributed by atoms with Crippen molar-refractivity contribution in [1.82, 2.24) is 24.2 Å². The third kappa shape index (κ3) is 2.61. The van der Waals surface area contributed by atoms with Crippen molar-refractivity contribution >= 4 is 35.6 Å². The Morgan fingerprint density at radius 3 is 3.04 bits per heavy atom. The van der Waals surface area contributed by atoms with Gasteiger partial charge in [-0.15, -0.1) is 0 Å². The number of nitrogens with one attached hydrogen (secondary N) is 1. The van der Waals surface area contributed by atoms with Crippen LogP contribution in [0.1, 0.15) is 6.23 Å². The molecule has 136 valence electrons. The highest BCUT2D eigenvalue weighted by atomic mass is 32.5. The van der Waals surface area contributed by atoms with Crippen LogP contribution in [0.15, 0.2) is 11.1 Å². The van der Waals surface area contributed by atoms with Gasteiger partial charge in [0.1, 0.15) is 18.3 Å². The number of hydrogen-bond acceptors (Lipinski definition) is 9. The molecule has 2 saturated heterocycles. The van der Waals surface area contributed by atoms with Crippen molar-refractivity contribution in [2.24, 2.45) is 0 Å². The summed E-state index contributed by atoms with van der Waals surface area (Å²) in [6, 6.07) is 0. The minimum Gasteiger partial charge on any atom is -0.386 e. The number of imidazole rings is 1. The van der Waals surface area contributed by atoms with Crippen LogP contribution in [0.3, 0.4) is 0 Å². The lowest BCUT2D eigenvalue weighted by Crippen LogP contribution is -2.41. The quantitative estimate of drug-likeness (QED) is 0.558. The fourth-order valence-electron chi connectivity index (χ4n) is 2.90. The second kappa shape index (κ2) is 5.81. The molecule has 2 aromatic heterocycles. The van der Waals surface area contributed by atoms with E-state index in [9.17, 15) is 9.90 Å². The zero-order valence-electron chi connectivity index (χ0n) is 13.4. The number of nitrogen functional groups attached to an aromatic ring is 1. The first-order chi connectivity index (χ1) is 11.8. The number of aliphatic hydroxyl groups is 1. The van der Waals surface area contributed by atoms with E-state index in [1.165, 1.54) is 10.9 Å². The molecule has 2 aromatic rings. The lowest BCUT2D eigenvalue weighted by Gasteiger charge is -2.37. The standard InChI is InChI=1S/C12H17N6O5PS/c1-17(2)24(25)21-3-5-8(23-24)7(19)11(22-5)18-4-14-6-9(18)15-12(13)16-10(6)20/h4-5,7-8,11,19H,3H2,1-2H3,(H3,13,15,16,20)/t5-,7?,8?,11-,24?/m1/s1. The van der Waals surface area contributed by atoms with E-state index in [0.29, 0.717) is 0 Å². The zero-order chi connectivity index (χ0) is 17.9. The van der Waals surface area contributed by atoms with Crippen molar-refractivity contribution in [1.29, 1.82) is 0 Å². The highest BCUT2D eigenvalue weighted by Gasteiger charge is 2.52. The summed E-state index contributed by atoms with van der Waals surface area (Å²) in [4.78, 5) is 22.4. The van der Waals surface area contributed by atoms with Crippen LogP contribution in [0, 0.1) is 0 Å². The zero-order valence-corrected chi connectivity index (χ0v) is 15.1. The third-order valence-electron chi connectivity index (χ3n) is 4.18. The van der Waals surface area contributed by atoms with Gasteiger partial charge in [-0.2, -0.15) is 4.98 Å². The summed E-state index contributed by atoms with van der Waals surface area (Å²) in [6.07, 6.45) is -1.64. The van der Waals surface area contributed by atoms with Crippen molar-refractivity contribution in [3.05, 3.63) is 16.7 Å². The number of nitrogens with zero attached hydrogens (tertiary/aromatic N) is 4. The number of nitrogens with two attached hydrogens (primary N) is 1. The number of aromatic nitrogens is 4. The second-order valence-electron chi connectivity index (χ2n) is 6.01. The molecule has 13 heteroatoms. The van der Waals surface area contributed by atoms with Crippen LogP contribution in [0.2, 0.25) is 0 Å². The van der Waals surface area contributed by atoms with Gasteiger partial charge in [-0.1, -0.05) is 0 Å². The Morgan fingerprint density at radius 2 is 2.32 bits per heavy atom. The van der Waals surface area contributed by atoms with Crippen LogP contribution in [0.4, 0.5) is 5.95 Å². The summed E-state index contributed by atoms with van der Waals surface area (Å²) in [7, 11) is 3.53. The molecule has 3 unspecified atom stereocenters. The first-order valence-electron chi connectivity index (χ1n) is 7.47. The predicted molar refractivity (Wildman–Crippen MR) is 91.3 cm³/mol. The fourth-order valence-corrected chi connectivity index (χ4v) is 4.77. The molecule has 0 radical (unpaired) electrons. The van der Waals surface area contributed by atoms with E-state index >= 15 is 0 Å². The van der Waals surface area contributed by atoms with Crippen molar-refractivity contribution in [2.75, 3.05) is 26.4 Å². The first kappa shape index (κ1) is 17.0. The SMILES string of the molecule is CN(C)P1(=S)OC[C@H]2O[C@@H](n3cnc4c(=O)[nH]c(N)nc43)C(O)C2O1. The maximum atomic E-state index is 11.9. The first-order valence-corrected chi connectivity index (χ1v) is 10.1. The predicted octanol–water partition coefficient (Wildman–Crippen LogP) is -0.838. The maximum absolute atomic E-state index is 11.9. The number of anilines is 1. The molecule has 0 saturated carbocycles. The Hall–Kier alpha value is -1.40. The Morgan fingerprint density at radius 1 is 1.56 bits per heavy atom. The largest absolute Gasteiger partial charge is 0.386 e. The Balaban J connectivity index is 1.70. The maximum Gasteiger partial charge on any atom is 0.280 e. The van der Waals surface area contributed by atoms with Gasteiger partial charge in [0.15, 0.2) is 17.4 Å². The lowest BCUT2D eigenvalue weighted by atomic mass is 10.1. The molecule has 0 aromatic carbocycles. The number of rotatable bonds is 2. The van der Waals surface area contributed by atoms with Crippen molar-refractivity contribution in [3.8, 4) is 0 Å². The van der Waals surface area contributed by atoms with E-state index < -0.39 is 36.7 Å². The van der Waals surface area contributed by atoms with Gasteiger partial charge >= 0.3 is 0 Å². The molecule has 0 bridgehead atoms. The van der Waals surface area contributed by atoms with Crippen LogP contribution in [-0.4, -0.2) is 68.3 Å². The average Bonchev–Trinajstić information content (AvgIpc) is 3.09. The Bertz CT molecular complexity index is 930. The molecule has 2 fully saturated rings. The van der Waals surface area contributed by atoms with Crippen LogP contribution in [0.25, 0.3) is 11.2 Å².